The van der Waals surface area contributed by atoms with Crippen LogP contribution in [-0.2, 0) is 31.5 Å². The van der Waals surface area contributed by atoms with E-state index in [0.717, 1.165) is 30.3 Å². The summed E-state index contributed by atoms with van der Waals surface area (Å²) in [4.78, 5) is 24.4. The number of aryl methyl sites for hydroxylation is 1. The van der Waals surface area contributed by atoms with E-state index in [4.69, 9.17) is 0 Å². The molecule has 2 aromatic rings. The zero-order valence-corrected chi connectivity index (χ0v) is 21.9. The summed E-state index contributed by atoms with van der Waals surface area (Å²) in [6.45, 7) is 1.40. The average Bonchev–Trinajstić information content (AvgIpc) is 3.40. The maximum atomic E-state index is 14.9. The van der Waals surface area contributed by atoms with Crippen LogP contribution in [0.25, 0.3) is 0 Å². The molecule has 0 spiro atoms. The molecule has 2 aromatic carbocycles. The van der Waals surface area contributed by atoms with E-state index >= 15 is 0 Å². The topological polar surface area (TPSA) is 92.3 Å². The van der Waals surface area contributed by atoms with Gasteiger partial charge >= 0.3 is 24.1 Å². The molecule has 2 fully saturated rings. The molecule has 0 aromatic heterocycles. The first-order valence-corrected chi connectivity index (χ1v) is 13.9. The summed E-state index contributed by atoms with van der Waals surface area (Å²) >= 11 is 0. The Bertz CT molecular complexity index is 1530. The van der Waals surface area contributed by atoms with Crippen molar-refractivity contribution in [3.05, 3.63) is 65.0 Å². The SMILES string of the molecule is CC1([C@@H]2CC[C@@]3(S(=O)(=O)c4ccc(F)cc4)c4ccc(C(F)(C(F)(F)F)C(F)(F)F)cc4CC[C@@H]23)NC(=O)NC1=O. The summed E-state index contributed by atoms with van der Waals surface area (Å²) < 4.78 is 136. The van der Waals surface area contributed by atoms with Gasteiger partial charge in [0.1, 0.15) is 16.1 Å². The molecule has 2 N–H and O–H groups in total. The van der Waals surface area contributed by atoms with Gasteiger partial charge in [-0.05, 0) is 79.8 Å². The van der Waals surface area contributed by atoms with Crippen molar-refractivity contribution in [2.75, 3.05) is 0 Å². The first-order valence-electron chi connectivity index (χ1n) is 12.4. The molecule has 3 aliphatic rings. The number of hydrogen-bond donors (Lipinski definition) is 2. The highest BCUT2D eigenvalue weighted by Gasteiger charge is 2.74. The number of halogens is 8. The number of alkyl halides is 7. The number of nitrogens with one attached hydrogen (secondary N) is 2. The van der Waals surface area contributed by atoms with Crippen LogP contribution in [-0.4, -0.2) is 38.2 Å². The number of amides is 3. The van der Waals surface area contributed by atoms with Crippen LogP contribution in [0.4, 0.5) is 39.9 Å². The number of imide groups is 1. The zero-order chi connectivity index (χ0) is 30.4. The third kappa shape index (κ3) is 3.90. The molecule has 15 heteroatoms. The van der Waals surface area contributed by atoms with Gasteiger partial charge in [-0.2, -0.15) is 26.3 Å². The summed E-state index contributed by atoms with van der Waals surface area (Å²) in [5, 5.41) is 4.62. The van der Waals surface area contributed by atoms with Gasteiger partial charge in [-0.15, -0.1) is 0 Å². The maximum Gasteiger partial charge on any atom is 0.435 e. The van der Waals surface area contributed by atoms with Crippen molar-refractivity contribution in [1.82, 2.24) is 10.6 Å². The minimum absolute atomic E-state index is 0.0225. The average molecular weight is 611 g/mol. The van der Waals surface area contributed by atoms with E-state index in [0.29, 0.717) is 6.07 Å². The van der Waals surface area contributed by atoms with Crippen LogP contribution < -0.4 is 10.6 Å². The highest BCUT2D eigenvalue weighted by atomic mass is 32.2. The summed E-state index contributed by atoms with van der Waals surface area (Å²) in [6.07, 6.45) is -13.3. The van der Waals surface area contributed by atoms with Crippen LogP contribution in [0, 0.1) is 17.7 Å². The molecule has 0 bridgehead atoms. The molecule has 1 saturated heterocycles. The van der Waals surface area contributed by atoms with Gasteiger partial charge in [-0.25, -0.2) is 22.0 Å². The van der Waals surface area contributed by atoms with Crippen molar-refractivity contribution in [3.63, 3.8) is 0 Å². The lowest BCUT2D eigenvalue weighted by molar-refractivity contribution is -0.348. The van der Waals surface area contributed by atoms with E-state index in [2.05, 4.69) is 10.6 Å². The molecule has 2 aliphatic carbocycles. The molecule has 1 heterocycles. The number of urea groups is 1. The van der Waals surface area contributed by atoms with Crippen LogP contribution in [0.5, 0.6) is 0 Å². The Morgan fingerprint density at radius 2 is 1.49 bits per heavy atom. The van der Waals surface area contributed by atoms with Gasteiger partial charge in [0.2, 0.25) is 0 Å². The molecule has 1 unspecified atom stereocenters. The van der Waals surface area contributed by atoms with Crippen molar-refractivity contribution >= 4 is 21.8 Å². The fraction of sp³-hybridized carbons (Fsp3) is 0.462. The molecular weight excluding hydrogens is 588 g/mol. The monoisotopic (exact) mass is 610 g/mol. The van der Waals surface area contributed by atoms with Crippen LogP contribution in [0.2, 0.25) is 0 Å². The maximum absolute atomic E-state index is 14.9. The number of carbonyl (C=O) groups excluding carboxylic acids is 2. The lowest BCUT2D eigenvalue weighted by Gasteiger charge is -2.45. The van der Waals surface area contributed by atoms with Crippen LogP contribution in [0.3, 0.4) is 0 Å². The van der Waals surface area contributed by atoms with Gasteiger partial charge in [0.25, 0.3) is 5.91 Å². The Morgan fingerprint density at radius 1 is 0.878 bits per heavy atom. The molecular formula is C26H22F8N2O4S. The van der Waals surface area contributed by atoms with Gasteiger partial charge in [0.15, 0.2) is 9.84 Å². The van der Waals surface area contributed by atoms with Crippen LogP contribution in [0.15, 0.2) is 47.4 Å². The lowest BCUT2D eigenvalue weighted by atomic mass is 9.68. The minimum Gasteiger partial charge on any atom is -0.323 e. The fourth-order valence-corrected chi connectivity index (χ4v) is 9.36. The minimum atomic E-state index is -6.37. The van der Waals surface area contributed by atoms with Crippen molar-refractivity contribution in [2.24, 2.45) is 11.8 Å². The molecule has 1 saturated carbocycles. The summed E-state index contributed by atoms with van der Waals surface area (Å²) in [5.41, 5.74) is -9.39. The fourth-order valence-electron chi connectivity index (χ4n) is 6.89. The van der Waals surface area contributed by atoms with Crippen LogP contribution in [0.1, 0.15) is 42.9 Å². The normalized spacial score (nSPS) is 28.6. The van der Waals surface area contributed by atoms with Gasteiger partial charge in [0, 0.05) is 5.56 Å². The van der Waals surface area contributed by atoms with Gasteiger partial charge in [0.05, 0.1) is 4.90 Å². The molecule has 222 valence electrons. The van der Waals surface area contributed by atoms with Crippen LogP contribution >= 0.6 is 0 Å². The Hall–Kier alpha value is -3.23. The van der Waals surface area contributed by atoms with Crippen molar-refractivity contribution in [3.8, 4) is 0 Å². The number of rotatable bonds is 4. The van der Waals surface area contributed by atoms with Gasteiger partial charge in [-0.3, -0.25) is 10.1 Å². The second-order valence-corrected chi connectivity index (χ2v) is 13.0. The number of hydrogen-bond acceptors (Lipinski definition) is 4. The van der Waals surface area contributed by atoms with E-state index < -0.39 is 73.3 Å². The number of carbonyl (C=O) groups is 2. The van der Waals surface area contributed by atoms with E-state index in [9.17, 15) is 53.1 Å². The molecule has 6 nitrogen and oxygen atoms in total. The third-order valence-electron chi connectivity index (χ3n) is 8.79. The summed E-state index contributed by atoms with van der Waals surface area (Å²) in [5.74, 6) is -3.25. The summed E-state index contributed by atoms with van der Waals surface area (Å²) in [6, 6.07) is 4.37. The quantitative estimate of drug-likeness (QED) is 0.277. The second kappa shape index (κ2) is 8.88. The Labute approximate surface area is 228 Å². The number of benzene rings is 2. The predicted octanol–water partition coefficient (Wildman–Crippen LogP) is 5.35. The Kier molecular flexibility index (Phi) is 6.34. The molecule has 5 rings (SSSR count). The molecule has 1 aliphatic heterocycles. The van der Waals surface area contributed by atoms with E-state index in [1.54, 1.807) is 0 Å². The van der Waals surface area contributed by atoms with Gasteiger partial charge < -0.3 is 5.32 Å². The lowest BCUT2D eigenvalue weighted by Crippen LogP contribution is -2.55. The largest absolute Gasteiger partial charge is 0.435 e. The standard InChI is InChI=1S/C26H22F8N2O4S/c1-22(20(37)35-21(38)36-22)18-10-11-23(41(39,40)16-6-4-15(27)5-7-16)17-9-3-14(12-13(17)2-8-19(18)23)24(28,25(29,30)31)26(32,33)34/h3-7,9,12,18-19H,2,8,10-11H2,1H3,(H2,35,36,37,38)/t18-,19+,22?,23-/m1/s1. The number of fused-ring (bicyclic) bond motifs is 3. The smallest absolute Gasteiger partial charge is 0.323 e. The Morgan fingerprint density at radius 3 is 2.02 bits per heavy atom. The van der Waals surface area contributed by atoms with Crippen molar-refractivity contribution in [2.45, 2.75) is 65.8 Å². The Balaban J connectivity index is 1.73. The highest BCUT2D eigenvalue weighted by molar-refractivity contribution is 7.92. The summed E-state index contributed by atoms with van der Waals surface area (Å²) in [7, 11) is -4.57. The van der Waals surface area contributed by atoms with E-state index in [1.807, 2.05) is 0 Å². The van der Waals surface area contributed by atoms with Gasteiger partial charge in [-0.1, -0.05) is 18.2 Å². The third-order valence-corrected chi connectivity index (χ3v) is 11.4. The molecule has 0 radical (unpaired) electrons. The van der Waals surface area contributed by atoms with E-state index in [-0.39, 0.29) is 47.8 Å². The van der Waals surface area contributed by atoms with E-state index in [1.165, 1.54) is 6.92 Å². The number of sulfone groups is 1. The second-order valence-electron chi connectivity index (χ2n) is 10.8. The predicted molar refractivity (Wildman–Crippen MR) is 126 cm³/mol. The first-order chi connectivity index (χ1) is 18.8. The van der Waals surface area contributed by atoms with Crippen molar-refractivity contribution in [1.29, 1.82) is 0 Å². The zero-order valence-electron chi connectivity index (χ0n) is 21.1. The highest BCUT2D eigenvalue weighted by Crippen LogP contribution is 2.62. The first kappa shape index (κ1) is 29.3. The molecule has 4 atom stereocenters. The van der Waals surface area contributed by atoms with Crippen molar-refractivity contribution < 1.29 is 53.1 Å². The molecule has 3 amide bonds. The molecule has 41 heavy (non-hydrogen) atoms.